The summed E-state index contributed by atoms with van der Waals surface area (Å²) >= 11 is 0. The third-order valence-electron chi connectivity index (χ3n) is 2.39. The highest BCUT2D eigenvalue weighted by atomic mass is 16.7. The molecule has 1 saturated heterocycles. The second kappa shape index (κ2) is 2.57. The Bertz CT molecular complexity index is 161. The van der Waals surface area contributed by atoms with Gasteiger partial charge in [0.05, 0.1) is 6.61 Å². The first kappa shape index (κ1) is 7.25. The van der Waals surface area contributed by atoms with Gasteiger partial charge in [-0.2, -0.15) is 0 Å². The molecule has 0 unspecified atom stereocenters. The van der Waals surface area contributed by atoms with E-state index in [4.69, 9.17) is 9.47 Å². The topological polar surface area (TPSA) is 35.5 Å². The summed E-state index contributed by atoms with van der Waals surface area (Å²) in [6.07, 6.45) is 4.74. The van der Waals surface area contributed by atoms with Crippen LogP contribution in [0.1, 0.15) is 25.7 Å². The number of rotatable bonds is 1. The van der Waals surface area contributed by atoms with Gasteiger partial charge in [0, 0.05) is 12.8 Å². The molecule has 3 heteroatoms. The lowest BCUT2D eigenvalue weighted by molar-refractivity contribution is -0.163. The minimum absolute atomic E-state index is 0.312. The molecule has 1 spiro atoms. The van der Waals surface area contributed by atoms with E-state index in [2.05, 4.69) is 0 Å². The summed E-state index contributed by atoms with van der Waals surface area (Å²) in [4.78, 5) is 10.3. The summed E-state index contributed by atoms with van der Waals surface area (Å²) in [6.45, 7) is 0.448. The van der Waals surface area contributed by atoms with Crippen molar-refractivity contribution in [1.29, 1.82) is 0 Å². The van der Waals surface area contributed by atoms with Crippen molar-refractivity contribution in [1.82, 2.24) is 0 Å². The molecule has 0 aromatic carbocycles. The van der Waals surface area contributed by atoms with Gasteiger partial charge in [-0.1, -0.05) is 0 Å². The molecule has 1 aliphatic heterocycles. The lowest BCUT2D eigenvalue weighted by Crippen LogP contribution is -2.26. The van der Waals surface area contributed by atoms with Crippen molar-refractivity contribution in [2.24, 2.45) is 0 Å². The summed E-state index contributed by atoms with van der Waals surface area (Å²) in [5.74, 6) is -0.369. The molecule has 11 heavy (non-hydrogen) atoms. The van der Waals surface area contributed by atoms with Crippen LogP contribution in [0.3, 0.4) is 0 Å². The highest BCUT2D eigenvalue weighted by molar-refractivity contribution is 5.56. The molecule has 0 amide bonds. The van der Waals surface area contributed by atoms with Crippen molar-refractivity contribution in [3.63, 3.8) is 0 Å². The Morgan fingerprint density at radius 1 is 1.36 bits per heavy atom. The second-order valence-corrected chi connectivity index (χ2v) is 3.22. The molecule has 0 aromatic rings. The van der Waals surface area contributed by atoms with Crippen LogP contribution >= 0.6 is 0 Å². The molecule has 2 rings (SSSR count). The average Bonchev–Trinajstić information content (AvgIpc) is 2.62. The summed E-state index contributed by atoms with van der Waals surface area (Å²) < 4.78 is 10.9. The van der Waals surface area contributed by atoms with Gasteiger partial charge >= 0.3 is 0 Å². The Kier molecular flexibility index (Phi) is 1.69. The van der Waals surface area contributed by atoms with Gasteiger partial charge in [-0.25, -0.2) is 0 Å². The molecular formula is C8H12O3. The van der Waals surface area contributed by atoms with Crippen LogP contribution in [0.2, 0.25) is 0 Å². The third kappa shape index (κ3) is 1.19. The molecule has 0 aromatic heterocycles. The maximum absolute atomic E-state index is 10.3. The molecule has 2 fully saturated rings. The van der Waals surface area contributed by atoms with Crippen LogP contribution in [0.15, 0.2) is 0 Å². The lowest BCUT2D eigenvalue weighted by atomic mass is 10.2. The van der Waals surface area contributed by atoms with Crippen molar-refractivity contribution in [2.45, 2.75) is 37.6 Å². The van der Waals surface area contributed by atoms with Crippen molar-refractivity contribution in [3.05, 3.63) is 0 Å². The van der Waals surface area contributed by atoms with Crippen LogP contribution in [-0.2, 0) is 14.3 Å². The normalized spacial score (nSPS) is 34.7. The average molecular weight is 156 g/mol. The summed E-state index contributed by atoms with van der Waals surface area (Å²) in [5, 5.41) is 0. The van der Waals surface area contributed by atoms with Crippen LogP contribution in [0.5, 0.6) is 0 Å². The van der Waals surface area contributed by atoms with E-state index in [1.54, 1.807) is 0 Å². The second-order valence-electron chi connectivity index (χ2n) is 3.22. The summed E-state index contributed by atoms with van der Waals surface area (Å²) in [6, 6.07) is 0. The fourth-order valence-electron chi connectivity index (χ4n) is 1.82. The van der Waals surface area contributed by atoms with Gasteiger partial charge in [0.25, 0.3) is 0 Å². The number of aldehydes is 1. The number of ether oxygens (including phenoxy) is 2. The smallest absolute Gasteiger partial charge is 0.169 e. The Morgan fingerprint density at radius 2 is 2.09 bits per heavy atom. The lowest BCUT2D eigenvalue weighted by Gasteiger charge is -2.20. The molecule has 2 aliphatic rings. The van der Waals surface area contributed by atoms with Crippen molar-refractivity contribution >= 4 is 6.29 Å². The largest absolute Gasteiger partial charge is 0.347 e. The first-order chi connectivity index (χ1) is 5.35. The SMILES string of the molecule is O=C[C@H]1COC2(CCCC2)O1. The Morgan fingerprint density at radius 3 is 2.64 bits per heavy atom. The van der Waals surface area contributed by atoms with Gasteiger partial charge in [0.1, 0.15) is 6.10 Å². The molecule has 62 valence electrons. The number of hydrogen-bond donors (Lipinski definition) is 0. The zero-order chi connectivity index (χ0) is 7.73. The predicted molar refractivity (Wildman–Crippen MR) is 38.1 cm³/mol. The molecular weight excluding hydrogens is 144 g/mol. The van der Waals surface area contributed by atoms with Gasteiger partial charge in [-0.15, -0.1) is 0 Å². The van der Waals surface area contributed by atoms with Crippen molar-refractivity contribution < 1.29 is 14.3 Å². The van der Waals surface area contributed by atoms with Gasteiger partial charge in [0.2, 0.25) is 0 Å². The predicted octanol–water partition coefficient (Wildman–Crippen LogP) is 0.871. The van der Waals surface area contributed by atoms with E-state index < -0.39 is 0 Å². The Hall–Kier alpha value is -0.410. The minimum atomic E-state index is -0.369. The maximum Gasteiger partial charge on any atom is 0.169 e. The fourth-order valence-corrected chi connectivity index (χ4v) is 1.82. The van der Waals surface area contributed by atoms with E-state index in [0.29, 0.717) is 6.61 Å². The fraction of sp³-hybridized carbons (Fsp3) is 0.875. The van der Waals surface area contributed by atoms with Crippen LogP contribution in [0.4, 0.5) is 0 Å². The Labute approximate surface area is 65.7 Å². The standard InChI is InChI=1S/C8H12O3/c9-5-7-6-10-8(11-7)3-1-2-4-8/h5,7H,1-4,6H2/t7-/m0/s1. The van der Waals surface area contributed by atoms with Gasteiger partial charge < -0.3 is 14.3 Å². The molecule has 1 aliphatic carbocycles. The van der Waals surface area contributed by atoms with Crippen LogP contribution in [-0.4, -0.2) is 24.8 Å². The monoisotopic (exact) mass is 156 g/mol. The van der Waals surface area contributed by atoms with E-state index in [9.17, 15) is 4.79 Å². The van der Waals surface area contributed by atoms with E-state index in [-0.39, 0.29) is 11.9 Å². The third-order valence-corrected chi connectivity index (χ3v) is 2.39. The summed E-state index contributed by atoms with van der Waals surface area (Å²) in [5.41, 5.74) is 0. The van der Waals surface area contributed by atoms with Crippen molar-refractivity contribution in [2.75, 3.05) is 6.61 Å². The number of hydrogen-bond acceptors (Lipinski definition) is 3. The molecule has 3 nitrogen and oxygen atoms in total. The summed E-state index contributed by atoms with van der Waals surface area (Å²) in [7, 11) is 0. The van der Waals surface area contributed by atoms with Gasteiger partial charge in [-0.05, 0) is 12.8 Å². The first-order valence-corrected chi connectivity index (χ1v) is 4.12. The molecule has 1 atom stereocenters. The maximum atomic E-state index is 10.3. The Balaban J connectivity index is 2.01. The quantitative estimate of drug-likeness (QED) is 0.528. The van der Waals surface area contributed by atoms with Crippen LogP contribution in [0.25, 0.3) is 0 Å². The van der Waals surface area contributed by atoms with E-state index in [1.165, 1.54) is 0 Å². The van der Waals surface area contributed by atoms with E-state index in [0.717, 1.165) is 32.0 Å². The first-order valence-electron chi connectivity index (χ1n) is 4.12. The van der Waals surface area contributed by atoms with Crippen molar-refractivity contribution in [3.8, 4) is 0 Å². The van der Waals surface area contributed by atoms with Gasteiger partial charge in [-0.3, -0.25) is 0 Å². The molecule has 1 saturated carbocycles. The zero-order valence-corrected chi connectivity index (χ0v) is 6.41. The van der Waals surface area contributed by atoms with E-state index >= 15 is 0 Å². The minimum Gasteiger partial charge on any atom is -0.347 e. The number of carbonyl (C=O) groups excluding carboxylic acids is 1. The van der Waals surface area contributed by atoms with Crippen LogP contribution in [0, 0.1) is 0 Å². The zero-order valence-electron chi connectivity index (χ0n) is 6.41. The van der Waals surface area contributed by atoms with Crippen LogP contribution < -0.4 is 0 Å². The van der Waals surface area contributed by atoms with E-state index in [1.807, 2.05) is 0 Å². The molecule has 0 radical (unpaired) electrons. The molecule has 0 N–H and O–H groups in total. The van der Waals surface area contributed by atoms with Gasteiger partial charge in [0.15, 0.2) is 12.1 Å². The number of carbonyl (C=O) groups is 1. The highest BCUT2D eigenvalue weighted by Crippen LogP contribution is 2.38. The highest BCUT2D eigenvalue weighted by Gasteiger charge is 2.43. The molecule has 1 heterocycles. The molecule has 0 bridgehead atoms.